The van der Waals surface area contributed by atoms with E-state index in [4.69, 9.17) is 9.47 Å². The fraction of sp³-hybridized carbons (Fsp3) is 0.571. The van der Waals surface area contributed by atoms with E-state index < -0.39 is 17.8 Å². The number of ether oxygens (including phenoxy) is 2. The van der Waals surface area contributed by atoms with Gasteiger partial charge in [0.05, 0.1) is 18.8 Å². The van der Waals surface area contributed by atoms with Crippen LogP contribution in [0.5, 0.6) is 0 Å². The molecule has 0 spiro atoms. The number of carbonyl (C=O) groups excluding carboxylic acids is 1. The van der Waals surface area contributed by atoms with E-state index in [9.17, 15) is 18.0 Å². The third-order valence-electron chi connectivity index (χ3n) is 3.22. The van der Waals surface area contributed by atoms with Gasteiger partial charge in [-0.25, -0.2) is 4.79 Å². The highest BCUT2D eigenvalue weighted by Gasteiger charge is 2.32. The molecule has 1 atom stereocenters. The number of esters is 1. The summed E-state index contributed by atoms with van der Waals surface area (Å²) in [5, 5.41) is 0. The molecule has 0 saturated carbocycles. The summed E-state index contributed by atoms with van der Waals surface area (Å²) in [6.07, 6.45) is -4.01. The average molecular weight is 318 g/mol. The van der Waals surface area contributed by atoms with Gasteiger partial charge in [-0.2, -0.15) is 13.2 Å². The molecule has 122 valence electrons. The van der Waals surface area contributed by atoms with Gasteiger partial charge in [0.25, 0.3) is 0 Å². The summed E-state index contributed by atoms with van der Waals surface area (Å²) in [5.74, 6) is -0.679. The average Bonchev–Trinajstić information content (AvgIpc) is 2.47. The van der Waals surface area contributed by atoms with Crippen molar-refractivity contribution in [2.24, 2.45) is 0 Å². The topological polar surface area (TPSA) is 51.7 Å². The molecule has 5 nitrogen and oxygen atoms in total. The summed E-state index contributed by atoms with van der Waals surface area (Å²) in [4.78, 5) is 17.2. The molecule has 1 aromatic heterocycles. The smallest absolute Gasteiger partial charge is 0.433 e. The van der Waals surface area contributed by atoms with Gasteiger partial charge in [0, 0.05) is 25.8 Å². The molecule has 1 aliphatic rings. The minimum absolute atomic E-state index is 0.00169. The van der Waals surface area contributed by atoms with Crippen LogP contribution in [-0.4, -0.2) is 54.8 Å². The normalized spacial score (nSPS) is 18.0. The summed E-state index contributed by atoms with van der Waals surface area (Å²) >= 11 is 0. The molecule has 0 amide bonds. The summed E-state index contributed by atoms with van der Waals surface area (Å²) in [6.45, 7) is 5.12. The van der Waals surface area contributed by atoms with Gasteiger partial charge in [-0.1, -0.05) is 0 Å². The second-order valence-electron chi connectivity index (χ2n) is 5.06. The maximum absolute atomic E-state index is 12.4. The van der Waals surface area contributed by atoms with Crippen LogP contribution in [0, 0.1) is 0 Å². The molecule has 0 bridgehead atoms. The standard InChI is InChI=1S/C14H17F3N2O3/c1-10(9-19-4-6-21-7-5-19)22-13(20)11-2-3-12(18-8-11)14(15,16)17/h2-3,8,10H,4-7,9H2,1H3/t10-/m0/s1. The van der Waals surface area contributed by atoms with Crippen LogP contribution in [0.25, 0.3) is 0 Å². The predicted molar refractivity (Wildman–Crippen MR) is 71.4 cm³/mol. The van der Waals surface area contributed by atoms with Gasteiger partial charge in [0.15, 0.2) is 0 Å². The van der Waals surface area contributed by atoms with Crippen LogP contribution < -0.4 is 0 Å². The van der Waals surface area contributed by atoms with E-state index in [0.717, 1.165) is 31.4 Å². The Kier molecular flexibility index (Phi) is 5.36. The molecule has 22 heavy (non-hydrogen) atoms. The van der Waals surface area contributed by atoms with Crippen molar-refractivity contribution >= 4 is 5.97 Å². The lowest BCUT2D eigenvalue weighted by Crippen LogP contribution is -2.41. The summed E-state index contributed by atoms with van der Waals surface area (Å²) in [6, 6.07) is 1.84. The Labute approximate surface area is 126 Å². The molecule has 0 N–H and O–H groups in total. The minimum atomic E-state index is -4.52. The lowest BCUT2D eigenvalue weighted by Gasteiger charge is -2.28. The van der Waals surface area contributed by atoms with Crippen LogP contribution in [-0.2, 0) is 15.7 Å². The van der Waals surface area contributed by atoms with Crippen molar-refractivity contribution in [3.63, 3.8) is 0 Å². The van der Waals surface area contributed by atoms with Crippen molar-refractivity contribution < 1.29 is 27.4 Å². The lowest BCUT2D eigenvalue weighted by atomic mass is 10.2. The molecular formula is C14H17F3N2O3. The van der Waals surface area contributed by atoms with Crippen molar-refractivity contribution in [3.05, 3.63) is 29.6 Å². The van der Waals surface area contributed by atoms with Crippen LogP contribution in [0.1, 0.15) is 23.0 Å². The SMILES string of the molecule is C[C@@H](CN1CCOCC1)OC(=O)c1ccc(C(F)(F)F)nc1. The highest BCUT2D eigenvalue weighted by molar-refractivity contribution is 5.89. The quantitative estimate of drug-likeness (QED) is 0.795. The molecule has 0 unspecified atom stereocenters. The van der Waals surface area contributed by atoms with Crippen LogP contribution >= 0.6 is 0 Å². The van der Waals surface area contributed by atoms with E-state index in [0.29, 0.717) is 19.8 Å². The number of aromatic nitrogens is 1. The zero-order valence-electron chi connectivity index (χ0n) is 12.1. The number of carbonyl (C=O) groups is 1. The zero-order chi connectivity index (χ0) is 16.2. The molecule has 2 rings (SSSR count). The lowest BCUT2D eigenvalue weighted by molar-refractivity contribution is -0.141. The first-order valence-electron chi connectivity index (χ1n) is 6.90. The third-order valence-corrected chi connectivity index (χ3v) is 3.22. The molecule has 2 heterocycles. The molecule has 1 fully saturated rings. The molecule has 0 aliphatic carbocycles. The van der Waals surface area contributed by atoms with E-state index in [-0.39, 0.29) is 11.7 Å². The van der Waals surface area contributed by atoms with E-state index >= 15 is 0 Å². The number of pyridine rings is 1. The summed E-state index contributed by atoms with van der Waals surface area (Å²) < 4.78 is 47.6. The first kappa shape index (κ1) is 16.7. The summed E-state index contributed by atoms with van der Waals surface area (Å²) in [7, 11) is 0. The Balaban J connectivity index is 1.88. The molecule has 0 radical (unpaired) electrons. The largest absolute Gasteiger partial charge is 0.458 e. The van der Waals surface area contributed by atoms with Gasteiger partial charge in [0.1, 0.15) is 11.8 Å². The molecular weight excluding hydrogens is 301 g/mol. The van der Waals surface area contributed by atoms with Gasteiger partial charge >= 0.3 is 12.1 Å². The van der Waals surface area contributed by atoms with Crippen LogP contribution in [0.15, 0.2) is 18.3 Å². The van der Waals surface area contributed by atoms with Gasteiger partial charge in [-0.15, -0.1) is 0 Å². The Morgan fingerprint density at radius 2 is 2.09 bits per heavy atom. The van der Waals surface area contributed by atoms with E-state index in [1.807, 2.05) is 0 Å². The second-order valence-corrected chi connectivity index (χ2v) is 5.06. The number of nitrogens with zero attached hydrogens (tertiary/aromatic N) is 2. The number of alkyl halides is 3. The molecule has 1 aliphatic heterocycles. The van der Waals surface area contributed by atoms with Crippen LogP contribution in [0.2, 0.25) is 0 Å². The van der Waals surface area contributed by atoms with Gasteiger partial charge in [-0.3, -0.25) is 9.88 Å². The maximum atomic E-state index is 12.4. The van der Waals surface area contributed by atoms with Crippen LogP contribution in [0.4, 0.5) is 13.2 Å². The number of hydrogen-bond acceptors (Lipinski definition) is 5. The Morgan fingerprint density at radius 3 is 2.64 bits per heavy atom. The second kappa shape index (κ2) is 7.06. The molecule has 1 aromatic rings. The van der Waals surface area contributed by atoms with E-state index in [2.05, 4.69) is 9.88 Å². The van der Waals surface area contributed by atoms with Crippen molar-refractivity contribution in [1.82, 2.24) is 9.88 Å². The minimum Gasteiger partial charge on any atom is -0.458 e. The first-order chi connectivity index (χ1) is 10.4. The van der Waals surface area contributed by atoms with Crippen molar-refractivity contribution in [2.75, 3.05) is 32.8 Å². The fourth-order valence-electron chi connectivity index (χ4n) is 2.12. The molecule has 8 heteroatoms. The fourth-order valence-corrected chi connectivity index (χ4v) is 2.12. The number of hydrogen-bond donors (Lipinski definition) is 0. The number of halogens is 3. The van der Waals surface area contributed by atoms with E-state index in [1.54, 1.807) is 6.92 Å². The molecule has 1 saturated heterocycles. The predicted octanol–water partition coefficient (Wildman–Crippen LogP) is 1.98. The van der Waals surface area contributed by atoms with Gasteiger partial charge in [-0.05, 0) is 19.1 Å². The first-order valence-corrected chi connectivity index (χ1v) is 6.90. The van der Waals surface area contributed by atoms with Crippen molar-refractivity contribution in [2.45, 2.75) is 19.2 Å². The highest BCUT2D eigenvalue weighted by Crippen LogP contribution is 2.27. The number of rotatable bonds is 4. The third kappa shape index (κ3) is 4.67. The highest BCUT2D eigenvalue weighted by atomic mass is 19.4. The Hall–Kier alpha value is -1.67. The number of morpholine rings is 1. The van der Waals surface area contributed by atoms with Gasteiger partial charge in [0.2, 0.25) is 0 Å². The maximum Gasteiger partial charge on any atom is 0.433 e. The summed E-state index contributed by atoms with van der Waals surface area (Å²) in [5.41, 5.74) is -1.03. The molecule has 0 aromatic carbocycles. The zero-order valence-corrected chi connectivity index (χ0v) is 12.1. The van der Waals surface area contributed by atoms with Gasteiger partial charge < -0.3 is 9.47 Å². The Bertz CT molecular complexity index is 499. The van der Waals surface area contributed by atoms with Crippen molar-refractivity contribution in [1.29, 1.82) is 0 Å². The Morgan fingerprint density at radius 1 is 1.41 bits per heavy atom. The van der Waals surface area contributed by atoms with Crippen LogP contribution in [0.3, 0.4) is 0 Å². The monoisotopic (exact) mass is 318 g/mol. The van der Waals surface area contributed by atoms with E-state index in [1.165, 1.54) is 0 Å². The van der Waals surface area contributed by atoms with Crippen molar-refractivity contribution in [3.8, 4) is 0 Å².